The molecule has 0 aliphatic carbocycles. The maximum atomic E-state index is 12.1. The Bertz CT molecular complexity index is 542. The molecule has 6 nitrogen and oxygen atoms in total. The summed E-state index contributed by atoms with van der Waals surface area (Å²) in [6, 6.07) is 7.14. The third-order valence-corrected chi connectivity index (χ3v) is 3.88. The fourth-order valence-corrected chi connectivity index (χ4v) is 2.28. The first kappa shape index (κ1) is 17.4. The number of carbonyl (C=O) groups excluding carboxylic acids is 2. The van der Waals surface area contributed by atoms with Crippen LogP contribution in [0.4, 0.5) is 0 Å². The van der Waals surface area contributed by atoms with E-state index in [9.17, 15) is 9.59 Å². The van der Waals surface area contributed by atoms with Crippen molar-refractivity contribution >= 4 is 11.8 Å². The summed E-state index contributed by atoms with van der Waals surface area (Å²) in [5.74, 6) is -0.172. The van der Waals surface area contributed by atoms with Gasteiger partial charge in [-0.2, -0.15) is 0 Å². The Morgan fingerprint density at radius 2 is 2.26 bits per heavy atom. The van der Waals surface area contributed by atoms with Gasteiger partial charge in [-0.3, -0.25) is 9.59 Å². The van der Waals surface area contributed by atoms with E-state index in [1.165, 1.54) is 0 Å². The number of rotatable bonds is 6. The minimum Gasteiger partial charge on any atom is -0.378 e. The van der Waals surface area contributed by atoms with Gasteiger partial charge in [0.15, 0.2) is 0 Å². The number of morpholine rings is 1. The summed E-state index contributed by atoms with van der Waals surface area (Å²) >= 11 is 0. The molecule has 0 saturated carbocycles. The average molecular weight is 319 g/mol. The molecule has 1 aliphatic rings. The molecular formula is C17H25N3O3. The Kier molecular flexibility index (Phi) is 6.55. The zero-order valence-electron chi connectivity index (χ0n) is 13.7. The minimum absolute atomic E-state index is 0.0841. The Hall–Kier alpha value is -1.92. The first-order valence-electron chi connectivity index (χ1n) is 8.08. The summed E-state index contributed by atoms with van der Waals surface area (Å²) in [7, 11) is 0. The maximum absolute atomic E-state index is 12.1. The molecule has 0 bridgehead atoms. The van der Waals surface area contributed by atoms with Crippen LogP contribution in [-0.2, 0) is 16.1 Å². The van der Waals surface area contributed by atoms with Crippen molar-refractivity contribution in [1.29, 1.82) is 0 Å². The highest BCUT2D eigenvalue weighted by Crippen LogP contribution is 2.06. The molecule has 0 radical (unpaired) electrons. The second-order valence-corrected chi connectivity index (χ2v) is 5.78. The molecule has 6 heteroatoms. The van der Waals surface area contributed by atoms with E-state index in [-0.39, 0.29) is 23.9 Å². The van der Waals surface area contributed by atoms with Crippen molar-refractivity contribution < 1.29 is 14.3 Å². The molecule has 2 amide bonds. The van der Waals surface area contributed by atoms with Crippen LogP contribution in [0.5, 0.6) is 0 Å². The summed E-state index contributed by atoms with van der Waals surface area (Å²) in [5, 5.41) is 8.92. The van der Waals surface area contributed by atoms with Gasteiger partial charge in [0.05, 0.1) is 13.2 Å². The Morgan fingerprint density at radius 1 is 1.43 bits per heavy atom. The fraction of sp³-hybridized carbons (Fsp3) is 0.529. The minimum atomic E-state index is -0.305. The summed E-state index contributed by atoms with van der Waals surface area (Å²) in [4.78, 5) is 24.2. The van der Waals surface area contributed by atoms with E-state index in [2.05, 4.69) is 16.0 Å². The molecule has 2 unspecified atom stereocenters. The third-order valence-electron chi connectivity index (χ3n) is 3.88. The lowest BCUT2D eigenvalue weighted by molar-refractivity contribution is -0.126. The van der Waals surface area contributed by atoms with Crippen molar-refractivity contribution in [1.82, 2.24) is 16.0 Å². The molecule has 0 aromatic heterocycles. The molecule has 1 heterocycles. The Labute approximate surface area is 137 Å². The molecule has 126 valence electrons. The number of nitrogens with one attached hydrogen (secondary N) is 3. The van der Waals surface area contributed by atoms with Gasteiger partial charge < -0.3 is 20.7 Å². The van der Waals surface area contributed by atoms with E-state index in [1.54, 1.807) is 6.07 Å². The zero-order chi connectivity index (χ0) is 16.7. The van der Waals surface area contributed by atoms with Crippen molar-refractivity contribution in [3.63, 3.8) is 0 Å². The SMILES string of the molecule is CCC(C)NC(=O)c1cccc(CNC(=O)C2COCCN2)c1. The molecule has 0 spiro atoms. The number of carbonyl (C=O) groups is 2. The van der Waals surface area contributed by atoms with Gasteiger partial charge in [0.25, 0.3) is 5.91 Å². The van der Waals surface area contributed by atoms with Crippen molar-refractivity contribution in [2.45, 2.75) is 38.9 Å². The molecule has 1 aromatic rings. The van der Waals surface area contributed by atoms with E-state index >= 15 is 0 Å². The zero-order valence-corrected chi connectivity index (χ0v) is 13.7. The van der Waals surface area contributed by atoms with E-state index in [0.717, 1.165) is 12.0 Å². The normalized spacial score (nSPS) is 19.0. The summed E-state index contributed by atoms with van der Waals surface area (Å²) in [6.07, 6.45) is 0.887. The van der Waals surface area contributed by atoms with Gasteiger partial charge in [0.1, 0.15) is 6.04 Å². The molecule has 1 saturated heterocycles. The van der Waals surface area contributed by atoms with E-state index in [4.69, 9.17) is 4.74 Å². The lowest BCUT2D eigenvalue weighted by atomic mass is 10.1. The quantitative estimate of drug-likeness (QED) is 0.725. The van der Waals surface area contributed by atoms with Gasteiger partial charge in [0, 0.05) is 24.7 Å². The van der Waals surface area contributed by atoms with Crippen LogP contribution in [0.15, 0.2) is 24.3 Å². The highest BCUT2D eigenvalue weighted by atomic mass is 16.5. The highest BCUT2D eigenvalue weighted by Gasteiger charge is 2.20. The maximum Gasteiger partial charge on any atom is 0.251 e. The van der Waals surface area contributed by atoms with Crippen LogP contribution in [0.25, 0.3) is 0 Å². The van der Waals surface area contributed by atoms with Gasteiger partial charge in [-0.05, 0) is 31.0 Å². The topological polar surface area (TPSA) is 79.5 Å². The van der Waals surface area contributed by atoms with Crippen molar-refractivity contribution in [3.8, 4) is 0 Å². The number of hydrogen-bond acceptors (Lipinski definition) is 4. The van der Waals surface area contributed by atoms with Gasteiger partial charge in [-0.25, -0.2) is 0 Å². The van der Waals surface area contributed by atoms with Crippen LogP contribution in [0.1, 0.15) is 36.2 Å². The van der Waals surface area contributed by atoms with Crippen LogP contribution in [0, 0.1) is 0 Å². The second kappa shape index (κ2) is 8.64. The molecule has 23 heavy (non-hydrogen) atoms. The summed E-state index contributed by atoms with van der Waals surface area (Å²) in [5.41, 5.74) is 1.50. The first-order chi connectivity index (χ1) is 11.1. The van der Waals surface area contributed by atoms with Crippen molar-refractivity contribution in [2.24, 2.45) is 0 Å². The molecule has 1 fully saturated rings. The lowest BCUT2D eigenvalue weighted by Crippen LogP contribution is -2.51. The number of amides is 2. The predicted molar refractivity (Wildman–Crippen MR) is 88.1 cm³/mol. The lowest BCUT2D eigenvalue weighted by Gasteiger charge is -2.22. The smallest absolute Gasteiger partial charge is 0.251 e. The largest absolute Gasteiger partial charge is 0.378 e. The van der Waals surface area contributed by atoms with Crippen LogP contribution >= 0.6 is 0 Å². The monoisotopic (exact) mass is 319 g/mol. The van der Waals surface area contributed by atoms with Crippen molar-refractivity contribution in [3.05, 3.63) is 35.4 Å². The van der Waals surface area contributed by atoms with Crippen LogP contribution in [0.3, 0.4) is 0 Å². The molecular weight excluding hydrogens is 294 g/mol. The van der Waals surface area contributed by atoms with E-state index in [1.807, 2.05) is 32.0 Å². The van der Waals surface area contributed by atoms with Gasteiger partial charge in [-0.1, -0.05) is 19.1 Å². The summed E-state index contributed by atoms with van der Waals surface area (Å²) in [6.45, 7) is 6.10. The summed E-state index contributed by atoms with van der Waals surface area (Å²) < 4.78 is 5.28. The molecule has 1 aliphatic heterocycles. The van der Waals surface area contributed by atoms with Crippen molar-refractivity contribution in [2.75, 3.05) is 19.8 Å². The standard InChI is InChI=1S/C17H25N3O3/c1-3-12(2)20-16(21)14-6-4-5-13(9-14)10-19-17(22)15-11-23-8-7-18-15/h4-6,9,12,15,18H,3,7-8,10-11H2,1-2H3,(H,19,22)(H,20,21). The Balaban J connectivity index is 1.89. The highest BCUT2D eigenvalue weighted by molar-refractivity contribution is 5.94. The number of hydrogen-bond donors (Lipinski definition) is 3. The molecule has 1 aromatic carbocycles. The van der Waals surface area contributed by atoms with Crippen LogP contribution in [-0.4, -0.2) is 43.7 Å². The fourth-order valence-electron chi connectivity index (χ4n) is 2.28. The predicted octanol–water partition coefficient (Wildman–Crippen LogP) is 0.820. The van der Waals surface area contributed by atoms with Crippen LogP contribution < -0.4 is 16.0 Å². The van der Waals surface area contributed by atoms with Gasteiger partial charge >= 0.3 is 0 Å². The second-order valence-electron chi connectivity index (χ2n) is 5.78. The third kappa shape index (κ3) is 5.33. The number of benzene rings is 1. The molecule has 2 atom stereocenters. The van der Waals surface area contributed by atoms with Gasteiger partial charge in [-0.15, -0.1) is 0 Å². The van der Waals surface area contributed by atoms with E-state index in [0.29, 0.717) is 31.9 Å². The van der Waals surface area contributed by atoms with Gasteiger partial charge in [0.2, 0.25) is 5.91 Å². The molecule has 2 rings (SSSR count). The number of ether oxygens (including phenoxy) is 1. The average Bonchev–Trinajstić information content (AvgIpc) is 2.60. The van der Waals surface area contributed by atoms with E-state index < -0.39 is 0 Å². The Morgan fingerprint density at radius 3 is 2.96 bits per heavy atom. The first-order valence-corrected chi connectivity index (χ1v) is 8.08. The molecule has 3 N–H and O–H groups in total. The van der Waals surface area contributed by atoms with Crippen LogP contribution in [0.2, 0.25) is 0 Å².